The van der Waals surface area contributed by atoms with Crippen molar-refractivity contribution < 1.29 is 4.79 Å². The fraction of sp³-hybridized carbons (Fsp3) is 0.667. The van der Waals surface area contributed by atoms with Crippen LogP contribution in [0.5, 0.6) is 0 Å². The number of hydrogen-bond acceptors (Lipinski definition) is 2. The Morgan fingerprint density at radius 2 is 2.27 bits per heavy atom. The summed E-state index contributed by atoms with van der Waals surface area (Å²) in [6, 6.07) is 0. The van der Waals surface area contributed by atoms with E-state index in [4.69, 9.17) is 6.42 Å². The summed E-state index contributed by atoms with van der Waals surface area (Å²) in [6.07, 6.45) is 7.70. The number of Topliss-reactive ketones (excluding diaryl/α,β-unsaturated/α-hetero) is 1. The second kappa shape index (κ2) is 7.68. The van der Waals surface area contributed by atoms with E-state index in [2.05, 4.69) is 5.92 Å². The molecule has 0 bridgehead atoms. The van der Waals surface area contributed by atoms with Gasteiger partial charge in [-0.3, -0.25) is 4.79 Å². The third-order valence-corrected chi connectivity index (χ3v) is 2.28. The van der Waals surface area contributed by atoms with Crippen LogP contribution in [0.15, 0.2) is 0 Å². The Hall–Kier alpha value is -0.420. The Balaban J connectivity index is 2.92. The molecule has 0 aromatic heterocycles. The summed E-state index contributed by atoms with van der Waals surface area (Å²) in [7, 11) is 0. The first kappa shape index (κ1) is 10.6. The number of hydrogen-bond donors (Lipinski definition) is 0. The molecule has 0 amide bonds. The molecule has 0 saturated carbocycles. The zero-order valence-corrected chi connectivity index (χ0v) is 7.75. The van der Waals surface area contributed by atoms with E-state index in [1.165, 1.54) is 0 Å². The van der Waals surface area contributed by atoms with E-state index < -0.39 is 0 Å². The van der Waals surface area contributed by atoms with E-state index in [0.717, 1.165) is 24.3 Å². The highest BCUT2D eigenvalue weighted by molar-refractivity contribution is 7.99. The van der Waals surface area contributed by atoms with Crippen molar-refractivity contribution in [3.05, 3.63) is 0 Å². The van der Waals surface area contributed by atoms with Crippen LogP contribution < -0.4 is 0 Å². The van der Waals surface area contributed by atoms with E-state index in [0.29, 0.717) is 6.42 Å². The lowest BCUT2D eigenvalue weighted by Crippen LogP contribution is -1.92. The maximum absolute atomic E-state index is 10.5. The highest BCUT2D eigenvalue weighted by Crippen LogP contribution is 2.05. The van der Waals surface area contributed by atoms with Crippen molar-refractivity contribution in [2.24, 2.45) is 0 Å². The normalized spacial score (nSPS) is 9.09. The van der Waals surface area contributed by atoms with Gasteiger partial charge in [-0.25, -0.2) is 0 Å². The Kier molecular flexibility index (Phi) is 7.39. The Morgan fingerprint density at radius 3 is 2.82 bits per heavy atom. The number of ketones is 1. The largest absolute Gasteiger partial charge is 0.300 e. The number of terminal acetylenes is 1. The zero-order chi connectivity index (χ0) is 8.53. The smallest absolute Gasteiger partial charge is 0.130 e. The monoisotopic (exact) mass is 170 g/mol. The van der Waals surface area contributed by atoms with Crippen LogP contribution in [0.25, 0.3) is 0 Å². The highest BCUT2D eigenvalue weighted by Gasteiger charge is 1.92. The first-order chi connectivity index (χ1) is 5.27. The number of unbranched alkanes of at least 4 members (excludes halogenated alkanes) is 1. The molecule has 0 radical (unpaired) electrons. The molecule has 0 saturated heterocycles. The van der Waals surface area contributed by atoms with Crippen molar-refractivity contribution in [3.8, 4) is 12.3 Å². The summed E-state index contributed by atoms with van der Waals surface area (Å²) in [4.78, 5) is 10.5. The van der Waals surface area contributed by atoms with Crippen molar-refractivity contribution in [2.75, 3.05) is 11.5 Å². The summed E-state index contributed by atoms with van der Waals surface area (Å²) < 4.78 is 0. The van der Waals surface area contributed by atoms with Crippen LogP contribution in [0.1, 0.15) is 26.2 Å². The lowest BCUT2D eigenvalue weighted by atomic mass is 10.3. The van der Waals surface area contributed by atoms with E-state index in [1.807, 2.05) is 0 Å². The summed E-state index contributed by atoms with van der Waals surface area (Å²) in [5.41, 5.74) is 0. The summed E-state index contributed by atoms with van der Waals surface area (Å²) in [5, 5.41) is 0. The number of rotatable bonds is 6. The van der Waals surface area contributed by atoms with Gasteiger partial charge in [-0.05, 0) is 19.1 Å². The summed E-state index contributed by atoms with van der Waals surface area (Å²) >= 11 is 1.81. The van der Waals surface area contributed by atoms with Crippen molar-refractivity contribution in [1.29, 1.82) is 0 Å². The molecule has 0 aromatic rings. The minimum absolute atomic E-state index is 0.273. The van der Waals surface area contributed by atoms with Crippen molar-refractivity contribution in [3.63, 3.8) is 0 Å². The second-order valence-electron chi connectivity index (χ2n) is 2.37. The zero-order valence-electron chi connectivity index (χ0n) is 6.93. The minimum atomic E-state index is 0.273. The highest BCUT2D eigenvalue weighted by atomic mass is 32.2. The minimum Gasteiger partial charge on any atom is -0.300 e. The molecule has 0 heterocycles. The molecule has 0 spiro atoms. The van der Waals surface area contributed by atoms with Gasteiger partial charge in [-0.1, -0.05) is 0 Å². The van der Waals surface area contributed by atoms with Gasteiger partial charge < -0.3 is 0 Å². The molecule has 0 aliphatic carbocycles. The molecular weight excluding hydrogens is 156 g/mol. The standard InChI is InChI=1S/C9H14OS/c1-3-4-5-7-11-8-6-9(2)10/h1H,4-8H2,2H3. The molecule has 2 heteroatoms. The van der Waals surface area contributed by atoms with Gasteiger partial charge in [0.2, 0.25) is 0 Å². The van der Waals surface area contributed by atoms with E-state index >= 15 is 0 Å². The molecule has 0 rings (SSSR count). The molecule has 1 nitrogen and oxygen atoms in total. The molecule has 0 atom stereocenters. The van der Waals surface area contributed by atoms with E-state index in [9.17, 15) is 4.79 Å². The van der Waals surface area contributed by atoms with Crippen molar-refractivity contribution in [2.45, 2.75) is 26.2 Å². The molecule has 0 aliphatic rings. The molecule has 0 unspecified atom stereocenters. The third kappa shape index (κ3) is 9.58. The maximum atomic E-state index is 10.5. The predicted molar refractivity (Wildman–Crippen MR) is 50.7 cm³/mol. The quantitative estimate of drug-likeness (QED) is 0.448. The second-order valence-corrected chi connectivity index (χ2v) is 3.60. The molecule has 0 aliphatic heterocycles. The van der Waals surface area contributed by atoms with Crippen LogP contribution in [0.2, 0.25) is 0 Å². The first-order valence-electron chi connectivity index (χ1n) is 3.78. The molecule has 62 valence electrons. The van der Waals surface area contributed by atoms with Crippen LogP contribution in [-0.2, 0) is 4.79 Å². The lowest BCUT2D eigenvalue weighted by Gasteiger charge is -1.96. The molecule has 0 N–H and O–H groups in total. The van der Waals surface area contributed by atoms with Gasteiger partial charge in [0.1, 0.15) is 5.78 Å². The van der Waals surface area contributed by atoms with Gasteiger partial charge >= 0.3 is 0 Å². The molecule has 0 aromatic carbocycles. The van der Waals surface area contributed by atoms with Gasteiger partial charge in [0.15, 0.2) is 0 Å². The van der Waals surface area contributed by atoms with E-state index in [-0.39, 0.29) is 5.78 Å². The fourth-order valence-corrected chi connectivity index (χ4v) is 1.58. The number of carbonyl (C=O) groups is 1. The van der Waals surface area contributed by atoms with Gasteiger partial charge in [-0.15, -0.1) is 12.3 Å². The summed E-state index contributed by atoms with van der Waals surface area (Å²) in [6.45, 7) is 1.63. The van der Waals surface area contributed by atoms with Crippen LogP contribution in [-0.4, -0.2) is 17.3 Å². The maximum Gasteiger partial charge on any atom is 0.130 e. The van der Waals surface area contributed by atoms with Gasteiger partial charge in [0.25, 0.3) is 0 Å². The van der Waals surface area contributed by atoms with Crippen molar-refractivity contribution >= 4 is 17.5 Å². The van der Waals surface area contributed by atoms with Crippen molar-refractivity contribution in [1.82, 2.24) is 0 Å². The first-order valence-corrected chi connectivity index (χ1v) is 4.93. The Labute approximate surface area is 72.9 Å². The third-order valence-electron chi connectivity index (χ3n) is 1.21. The van der Waals surface area contributed by atoms with Crippen LogP contribution in [0.4, 0.5) is 0 Å². The van der Waals surface area contributed by atoms with Gasteiger partial charge in [0.05, 0.1) is 0 Å². The summed E-state index contributed by atoms with van der Waals surface area (Å²) in [5.74, 6) is 4.88. The average molecular weight is 170 g/mol. The van der Waals surface area contributed by atoms with Crippen LogP contribution >= 0.6 is 11.8 Å². The lowest BCUT2D eigenvalue weighted by molar-refractivity contribution is -0.116. The van der Waals surface area contributed by atoms with Crippen LogP contribution in [0, 0.1) is 12.3 Å². The predicted octanol–water partition coefficient (Wildman–Crippen LogP) is 2.11. The molecule has 0 fully saturated rings. The number of thioether (sulfide) groups is 1. The molecular formula is C9H14OS. The van der Waals surface area contributed by atoms with Gasteiger partial charge in [-0.2, -0.15) is 11.8 Å². The van der Waals surface area contributed by atoms with Gasteiger partial charge in [0, 0.05) is 18.6 Å². The fourth-order valence-electron chi connectivity index (χ4n) is 0.594. The number of carbonyl (C=O) groups excluding carboxylic acids is 1. The molecule has 11 heavy (non-hydrogen) atoms. The Bertz CT molecular complexity index is 146. The SMILES string of the molecule is C#CCCCSCCC(C)=O. The topological polar surface area (TPSA) is 17.1 Å². The van der Waals surface area contributed by atoms with Crippen LogP contribution in [0.3, 0.4) is 0 Å². The average Bonchev–Trinajstić information content (AvgIpc) is 1.96. The Morgan fingerprint density at radius 1 is 1.55 bits per heavy atom. The van der Waals surface area contributed by atoms with E-state index in [1.54, 1.807) is 18.7 Å².